The molecule has 3 heteroatoms. The van der Waals surface area contributed by atoms with Gasteiger partial charge in [0.25, 0.3) is 0 Å². The van der Waals surface area contributed by atoms with E-state index in [1.165, 1.54) is 0 Å². The van der Waals surface area contributed by atoms with E-state index in [1.54, 1.807) is 6.08 Å². The van der Waals surface area contributed by atoms with Crippen molar-refractivity contribution in [3.63, 3.8) is 0 Å². The zero-order chi connectivity index (χ0) is 17.8. The van der Waals surface area contributed by atoms with E-state index in [0.717, 1.165) is 49.7 Å². The van der Waals surface area contributed by atoms with Gasteiger partial charge in [0, 0.05) is 0 Å². The third kappa shape index (κ3) is 8.09. The largest absolute Gasteiger partial charge is 0.393 e. The molecule has 0 spiro atoms. The average Bonchev–Trinajstić information content (AvgIpc) is 2.58. The summed E-state index contributed by atoms with van der Waals surface area (Å²) in [4.78, 5) is 0. The Balaban J connectivity index is 2.63. The molecule has 0 unspecified atom stereocenters. The molecule has 24 heavy (non-hydrogen) atoms. The normalized spacial score (nSPS) is 15.5. The molecule has 0 amide bonds. The van der Waals surface area contributed by atoms with Gasteiger partial charge in [0.05, 0.1) is 18.3 Å². The molecule has 0 saturated carbocycles. The molecule has 0 aliphatic rings. The van der Waals surface area contributed by atoms with Crippen LogP contribution in [0.1, 0.15) is 69.9 Å². The fourth-order valence-corrected chi connectivity index (χ4v) is 2.78. The first-order valence-corrected chi connectivity index (χ1v) is 9.38. The summed E-state index contributed by atoms with van der Waals surface area (Å²) in [5, 5.41) is 30.2. The van der Waals surface area contributed by atoms with Gasteiger partial charge in [-0.1, -0.05) is 82.4 Å². The highest BCUT2D eigenvalue weighted by Crippen LogP contribution is 2.17. The molecule has 0 bridgehead atoms. The molecule has 0 radical (unpaired) electrons. The smallest absolute Gasteiger partial charge is 0.0983 e. The van der Waals surface area contributed by atoms with Gasteiger partial charge >= 0.3 is 0 Å². The third-order valence-electron chi connectivity index (χ3n) is 4.37. The molecule has 0 saturated heterocycles. The molecule has 0 fully saturated rings. The number of hydrogen-bond acceptors (Lipinski definition) is 3. The molecular formula is C21H34O3. The predicted molar refractivity (Wildman–Crippen MR) is 101 cm³/mol. The summed E-state index contributed by atoms with van der Waals surface area (Å²) >= 11 is 0. The number of hydrogen-bond donors (Lipinski definition) is 3. The topological polar surface area (TPSA) is 60.7 Å². The third-order valence-corrected chi connectivity index (χ3v) is 4.37. The van der Waals surface area contributed by atoms with Crippen molar-refractivity contribution in [1.82, 2.24) is 0 Å². The van der Waals surface area contributed by atoms with Crippen LogP contribution in [0.5, 0.6) is 0 Å². The molecule has 136 valence electrons. The second kappa shape index (κ2) is 12.2. The molecule has 0 aromatic heterocycles. The van der Waals surface area contributed by atoms with Crippen LogP contribution < -0.4 is 0 Å². The van der Waals surface area contributed by atoms with Crippen LogP contribution in [0.15, 0.2) is 30.3 Å². The highest BCUT2D eigenvalue weighted by atomic mass is 16.3. The van der Waals surface area contributed by atoms with Gasteiger partial charge < -0.3 is 15.3 Å². The first-order valence-electron chi connectivity index (χ1n) is 9.38. The van der Waals surface area contributed by atoms with Gasteiger partial charge in [0.1, 0.15) is 0 Å². The first-order chi connectivity index (χ1) is 11.6. The standard InChI is InChI=1S/C21H34O3/c1-3-5-7-12-19(22)16-18-11-9-8-10-17(18)14-15-21(24)20(23)13-6-4-2/h8-11,14-15,19-24H,3-7,12-13,16H2,1-2H3/b15-14+/t19-,20-,21+/m0/s1. The molecule has 3 N–H and O–H groups in total. The van der Waals surface area contributed by atoms with Crippen LogP contribution in [-0.4, -0.2) is 33.6 Å². The summed E-state index contributed by atoms with van der Waals surface area (Å²) in [5.41, 5.74) is 2.07. The highest BCUT2D eigenvalue weighted by Gasteiger charge is 2.13. The monoisotopic (exact) mass is 334 g/mol. The minimum atomic E-state index is -0.848. The summed E-state index contributed by atoms with van der Waals surface area (Å²) in [6.07, 6.45) is 8.96. The molecule has 1 aromatic rings. The molecule has 0 heterocycles. The van der Waals surface area contributed by atoms with Gasteiger partial charge in [-0.2, -0.15) is 0 Å². The lowest BCUT2D eigenvalue weighted by molar-refractivity contribution is 0.0422. The van der Waals surface area contributed by atoms with Crippen LogP contribution in [0.2, 0.25) is 0 Å². The van der Waals surface area contributed by atoms with Crippen LogP contribution in [0.4, 0.5) is 0 Å². The molecular weight excluding hydrogens is 300 g/mol. The molecule has 1 rings (SSSR count). The van der Waals surface area contributed by atoms with E-state index >= 15 is 0 Å². The van der Waals surface area contributed by atoms with Crippen LogP contribution in [0, 0.1) is 0 Å². The van der Waals surface area contributed by atoms with Crippen molar-refractivity contribution < 1.29 is 15.3 Å². The molecule has 3 atom stereocenters. The summed E-state index contributed by atoms with van der Waals surface area (Å²) < 4.78 is 0. The molecule has 0 aliphatic carbocycles. The highest BCUT2D eigenvalue weighted by molar-refractivity contribution is 5.54. The fourth-order valence-electron chi connectivity index (χ4n) is 2.78. The van der Waals surface area contributed by atoms with Crippen LogP contribution in [0.25, 0.3) is 6.08 Å². The van der Waals surface area contributed by atoms with E-state index in [4.69, 9.17) is 0 Å². The van der Waals surface area contributed by atoms with Gasteiger partial charge in [-0.25, -0.2) is 0 Å². The summed E-state index contributed by atoms with van der Waals surface area (Å²) in [7, 11) is 0. The minimum Gasteiger partial charge on any atom is -0.393 e. The summed E-state index contributed by atoms with van der Waals surface area (Å²) in [6.45, 7) is 4.23. The molecule has 3 nitrogen and oxygen atoms in total. The van der Waals surface area contributed by atoms with Crippen LogP contribution >= 0.6 is 0 Å². The number of aliphatic hydroxyl groups is 3. The Morgan fingerprint density at radius 1 is 0.917 bits per heavy atom. The lowest BCUT2D eigenvalue weighted by Crippen LogP contribution is -2.23. The second-order valence-corrected chi connectivity index (χ2v) is 6.61. The Bertz CT molecular complexity index is 470. The zero-order valence-electron chi connectivity index (χ0n) is 15.2. The summed E-state index contributed by atoms with van der Waals surface area (Å²) in [6, 6.07) is 7.92. The zero-order valence-corrected chi connectivity index (χ0v) is 15.2. The van der Waals surface area contributed by atoms with Gasteiger partial charge in [-0.3, -0.25) is 0 Å². The lowest BCUT2D eigenvalue weighted by atomic mass is 9.97. The first kappa shape index (κ1) is 20.9. The Hall–Kier alpha value is -1.16. The Kier molecular flexibility index (Phi) is 10.6. The average molecular weight is 335 g/mol. The van der Waals surface area contributed by atoms with E-state index in [1.807, 2.05) is 30.3 Å². The van der Waals surface area contributed by atoms with Gasteiger partial charge in [0.2, 0.25) is 0 Å². The van der Waals surface area contributed by atoms with Gasteiger partial charge in [-0.05, 0) is 30.4 Å². The molecule has 0 aliphatic heterocycles. The quantitative estimate of drug-likeness (QED) is 0.504. The number of benzene rings is 1. The lowest BCUT2D eigenvalue weighted by Gasteiger charge is -2.15. The van der Waals surface area contributed by atoms with Crippen molar-refractivity contribution in [3.05, 3.63) is 41.5 Å². The Morgan fingerprint density at radius 2 is 1.62 bits per heavy atom. The SMILES string of the molecule is CCCCC[C@H](O)Cc1ccccc1/C=C/[C@@H](O)[C@@H](O)CCCC. The van der Waals surface area contributed by atoms with E-state index in [9.17, 15) is 15.3 Å². The van der Waals surface area contributed by atoms with E-state index in [0.29, 0.717) is 12.8 Å². The van der Waals surface area contributed by atoms with Gasteiger partial charge in [-0.15, -0.1) is 0 Å². The van der Waals surface area contributed by atoms with Crippen molar-refractivity contribution in [3.8, 4) is 0 Å². The molecule has 1 aromatic carbocycles. The van der Waals surface area contributed by atoms with Crippen LogP contribution in [0.3, 0.4) is 0 Å². The maximum Gasteiger partial charge on any atom is 0.0983 e. The van der Waals surface area contributed by atoms with E-state index < -0.39 is 12.2 Å². The van der Waals surface area contributed by atoms with Gasteiger partial charge in [0.15, 0.2) is 0 Å². The number of unbranched alkanes of at least 4 members (excludes halogenated alkanes) is 3. The van der Waals surface area contributed by atoms with E-state index in [-0.39, 0.29) is 6.10 Å². The van der Waals surface area contributed by atoms with Crippen LogP contribution in [-0.2, 0) is 6.42 Å². The fraction of sp³-hybridized carbons (Fsp3) is 0.619. The van der Waals surface area contributed by atoms with Crippen molar-refractivity contribution >= 4 is 6.08 Å². The minimum absolute atomic E-state index is 0.328. The van der Waals surface area contributed by atoms with Crippen molar-refractivity contribution in [2.75, 3.05) is 0 Å². The van der Waals surface area contributed by atoms with Crippen molar-refractivity contribution in [1.29, 1.82) is 0 Å². The number of aliphatic hydroxyl groups excluding tert-OH is 3. The van der Waals surface area contributed by atoms with Crippen molar-refractivity contribution in [2.24, 2.45) is 0 Å². The number of rotatable bonds is 12. The Morgan fingerprint density at radius 3 is 2.33 bits per heavy atom. The van der Waals surface area contributed by atoms with Crippen molar-refractivity contribution in [2.45, 2.75) is 83.5 Å². The Labute approximate surface area is 147 Å². The second-order valence-electron chi connectivity index (χ2n) is 6.61. The summed E-state index contributed by atoms with van der Waals surface area (Å²) in [5.74, 6) is 0. The maximum atomic E-state index is 10.2. The maximum absolute atomic E-state index is 10.2. The van der Waals surface area contributed by atoms with E-state index in [2.05, 4.69) is 13.8 Å². The predicted octanol–water partition coefficient (Wildman–Crippen LogP) is 4.10.